The lowest BCUT2D eigenvalue weighted by atomic mass is 10.2. The highest BCUT2D eigenvalue weighted by Gasteiger charge is 2.32. The molecule has 1 saturated heterocycles. The first-order chi connectivity index (χ1) is 12.1. The summed E-state index contributed by atoms with van der Waals surface area (Å²) in [4.78, 5) is 19.0. The van der Waals surface area contributed by atoms with Crippen LogP contribution in [0.25, 0.3) is 6.08 Å². The summed E-state index contributed by atoms with van der Waals surface area (Å²) >= 11 is 1.20. The molecule has 25 heavy (non-hydrogen) atoms. The quantitative estimate of drug-likeness (QED) is 0.657. The Hall–Kier alpha value is -2.86. The summed E-state index contributed by atoms with van der Waals surface area (Å²) in [6.07, 6.45) is 3.25. The number of nitrogens with zero attached hydrogens (tertiary/aromatic N) is 2. The van der Waals surface area contributed by atoms with Gasteiger partial charge in [-0.25, -0.2) is 9.38 Å². The number of rotatable bonds is 4. The van der Waals surface area contributed by atoms with E-state index in [9.17, 15) is 14.3 Å². The second-order valence-electron chi connectivity index (χ2n) is 5.28. The van der Waals surface area contributed by atoms with Gasteiger partial charge >= 0.3 is 0 Å². The van der Waals surface area contributed by atoms with E-state index in [2.05, 4.69) is 11.6 Å². The summed E-state index contributed by atoms with van der Waals surface area (Å²) in [6.45, 7) is 3.98. The summed E-state index contributed by atoms with van der Waals surface area (Å²) < 4.78 is 13.3. The number of hydrogen-bond donors (Lipinski definition) is 1. The fourth-order valence-electron chi connectivity index (χ4n) is 2.30. The highest BCUT2D eigenvalue weighted by molar-refractivity contribution is 8.18. The molecule has 0 unspecified atom stereocenters. The number of benzene rings is 2. The number of phenols is 1. The number of thioether (sulfide) groups is 1. The minimum absolute atomic E-state index is 0.0990. The summed E-state index contributed by atoms with van der Waals surface area (Å²) in [5.74, 6) is -0.476. The highest BCUT2D eigenvalue weighted by atomic mass is 32.2. The largest absolute Gasteiger partial charge is 0.508 e. The molecule has 2 aromatic carbocycles. The Morgan fingerprint density at radius 3 is 2.76 bits per heavy atom. The van der Waals surface area contributed by atoms with Crippen molar-refractivity contribution >= 4 is 34.6 Å². The van der Waals surface area contributed by atoms with E-state index < -0.39 is 0 Å². The van der Waals surface area contributed by atoms with Crippen molar-refractivity contribution in [2.24, 2.45) is 4.99 Å². The van der Waals surface area contributed by atoms with Crippen molar-refractivity contribution in [2.75, 3.05) is 6.54 Å². The van der Waals surface area contributed by atoms with Gasteiger partial charge in [-0.3, -0.25) is 9.69 Å². The first-order valence-electron chi connectivity index (χ1n) is 7.52. The van der Waals surface area contributed by atoms with Gasteiger partial charge in [-0.2, -0.15) is 0 Å². The van der Waals surface area contributed by atoms with Gasteiger partial charge in [-0.15, -0.1) is 6.58 Å². The van der Waals surface area contributed by atoms with Crippen molar-refractivity contribution in [2.45, 2.75) is 0 Å². The van der Waals surface area contributed by atoms with Crippen molar-refractivity contribution in [3.63, 3.8) is 0 Å². The molecule has 1 aliphatic rings. The molecule has 3 rings (SSSR count). The van der Waals surface area contributed by atoms with E-state index in [1.165, 1.54) is 34.9 Å². The van der Waals surface area contributed by atoms with Gasteiger partial charge in [0.05, 0.1) is 10.6 Å². The average molecular weight is 354 g/mol. The van der Waals surface area contributed by atoms with Crippen molar-refractivity contribution in [1.82, 2.24) is 4.90 Å². The molecule has 0 radical (unpaired) electrons. The number of carbonyl (C=O) groups excluding carboxylic acids is 1. The lowest BCUT2D eigenvalue weighted by molar-refractivity contribution is -0.121. The predicted molar refractivity (Wildman–Crippen MR) is 99.1 cm³/mol. The molecule has 4 nitrogen and oxygen atoms in total. The molecule has 0 aromatic heterocycles. The maximum absolute atomic E-state index is 13.3. The second-order valence-corrected chi connectivity index (χ2v) is 6.29. The summed E-state index contributed by atoms with van der Waals surface area (Å²) in [6, 6.07) is 12.5. The monoisotopic (exact) mass is 354 g/mol. The zero-order valence-corrected chi connectivity index (χ0v) is 14.0. The standard InChI is InChI=1S/C19H15FN2O2S/c1-2-9-22-18(24)17(11-13-5-3-6-14(20)10-13)25-19(22)21-15-7-4-8-16(23)12-15/h2-8,10-12,23H,1,9H2/b17-11-,21-19?. The Morgan fingerprint density at radius 2 is 2.04 bits per heavy atom. The van der Waals surface area contributed by atoms with Crippen LogP contribution in [0, 0.1) is 5.82 Å². The second kappa shape index (κ2) is 7.36. The average Bonchev–Trinajstić information content (AvgIpc) is 2.84. The molecule has 0 spiro atoms. The van der Waals surface area contributed by atoms with Crippen LogP contribution in [0.1, 0.15) is 5.56 Å². The van der Waals surface area contributed by atoms with Gasteiger partial charge in [0.2, 0.25) is 0 Å². The lowest BCUT2D eigenvalue weighted by Crippen LogP contribution is -2.29. The minimum atomic E-state index is -0.360. The van der Waals surface area contributed by atoms with Crippen molar-refractivity contribution in [3.8, 4) is 5.75 Å². The van der Waals surface area contributed by atoms with Crippen LogP contribution in [0.4, 0.5) is 10.1 Å². The summed E-state index contributed by atoms with van der Waals surface area (Å²) in [7, 11) is 0. The fourth-order valence-corrected chi connectivity index (χ4v) is 3.31. The van der Waals surface area contributed by atoms with E-state index in [4.69, 9.17) is 0 Å². The third-order valence-corrected chi connectivity index (χ3v) is 4.41. The number of carbonyl (C=O) groups is 1. The van der Waals surface area contributed by atoms with Gasteiger partial charge in [0.15, 0.2) is 5.17 Å². The van der Waals surface area contributed by atoms with E-state index in [1.54, 1.807) is 42.5 Å². The van der Waals surface area contributed by atoms with Crippen LogP contribution in [0.5, 0.6) is 5.75 Å². The molecule has 0 saturated carbocycles. The lowest BCUT2D eigenvalue weighted by Gasteiger charge is -2.12. The molecule has 1 aliphatic heterocycles. The number of hydrogen-bond acceptors (Lipinski definition) is 4. The Morgan fingerprint density at radius 1 is 1.24 bits per heavy atom. The number of amides is 1. The smallest absolute Gasteiger partial charge is 0.267 e. The molecule has 0 bridgehead atoms. The molecule has 1 heterocycles. The number of aliphatic imine (C=N–C) groups is 1. The Balaban J connectivity index is 1.96. The van der Waals surface area contributed by atoms with Crippen LogP contribution in [-0.4, -0.2) is 27.6 Å². The van der Waals surface area contributed by atoms with Crippen LogP contribution in [0.15, 0.2) is 71.1 Å². The maximum Gasteiger partial charge on any atom is 0.267 e. The molecule has 1 fully saturated rings. The minimum Gasteiger partial charge on any atom is -0.508 e. The van der Waals surface area contributed by atoms with Crippen molar-refractivity contribution < 1.29 is 14.3 Å². The maximum atomic E-state index is 13.3. The van der Waals surface area contributed by atoms with E-state index in [0.29, 0.717) is 27.9 Å². The summed E-state index contributed by atoms with van der Waals surface area (Å²) in [5.41, 5.74) is 1.14. The van der Waals surface area contributed by atoms with Crippen LogP contribution >= 0.6 is 11.8 Å². The number of aromatic hydroxyl groups is 1. The van der Waals surface area contributed by atoms with Gasteiger partial charge < -0.3 is 5.11 Å². The van der Waals surface area contributed by atoms with Gasteiger partial charge in [-0.05, 0) is 47.7 Å². The first-order valence-corrected chi connectivity index (χ1v) is 8.34. The van der Waals surface area contributed by atoms with Crippen LogP contribution in [-0.2, 0) is 4.79 Å². The van der Waals surface area contributed by atoms with E-state index in [-0.39, 0.29) is 17.5 Å². The number of phenolic OH excluding ortho intramolecular Hbond substituents is 1. The molecule has 126 valence electrons. The molecular formula is C19H15FN2O2S. The molecule has 6 heteroatoms. The Labute approximate surface area is 149 Å². The number of halogens is 1. The molecule has 0 aliphatic carbocycles. The van der Waals surface area contributed by atoms with Crippen molar-refractivity contribution in [3.05, 3.63) is 77.5 Å². The molecule has 2 aromatic rings. The van der Waals surface area contributed by atoms with Gasteiger partial charge in [0, 0.05) is 12.6 Å². The molecular weight excluding hydrogens is 339 g/mol. The fraction of sp³-hybridized carbons (Fsp3) is 0.0526. The zero-order valence-electron chi connectivity index (χ0n) is 13.2. The SMILES string of the molecule is C=CCN1C(=O)/C(=C/c2cccc(F)c2)SC1=Nc1cccc(O)c1. The third kappa shape index (κ3) is 3.97. The van der Waals surface area contributed by atoms with Crippen LogP contribution in [0.3, 0.4) is 0 Å². The van der Waals surface area contributed by atoms with Gasteiger partial charge in [0.1, 0.15) is 11.6 Å². The zero-order chi connectivity index (χ0) is 17.8. The van der Waals surface area contributed by atoms with Crippen molar-refractivity contribution in [1.29, 1.82) is 0 Å². The van der Waals surface area contributed by atoms with Gasteiger partial charge in [-0.1, -0.05) is 24.3 Å². The summed E-state index contributed by atoms with van der Waals surface area (Å²) in [5, 5.41) is 10.0. The van der Waals surface area contributed by atoms with E-state index in [0.717, 1.165) is 0 Å². The molecule has 0 atom stereocenters. The van der Waals surface area contributed by atoms with E-state index in [1.807, 2.05) is 0 Å². The normalized spacial score (nSPS) is 17.5. The van der Waals surface area contributed by atoms with Crippen LogP contribution in [0.2, 0.25) is 0 Å². The first kappa shape index (κ1) is 17.0. The third-order valence-electron chi connectivity index (χ3n) is 3.40. The molecule has 1 N–H and O–H groups in total. The molecule has 1 amide bonds. The van der Waals surface area contributed by atoms with Gasteiger partial charge in [0.25, 0.3) is 5.91 Å². The highest BCUT2D eigenvalue weighted by Crippen LogP contribution is 2.34. The Kier molecular flexibility index (Phi) is 5.00. The van der Waals surface area contributed by atoms with Crippen LogP contribution < -0.4 is 0 Å². The Bertz CT molecular complexity index is 892. The van der Waals surface area contributed by atoms with E-state index >= 15 is 0 Å². The number of amidine groups is 1. The predicted octanol–water partition coefficient (Wildman–Crippen LogP) is 4.32. The topological polar surface area (TPSA) is 52.9 Å².